The van der Waals surface area contributed by atoms with E-state index in [1.807, 2.05) is 55.5 Å². The number of amides is 2. The molecule has 0 heterocycles. The third-order valence-corrected chi connectivity index (χ3v) is 3.79. The van der Waals surface area contributed by atoms with E-state index in [9.17, 15) is 4.79 Å². The van der Waals surface area contributed by atoms with Gasteiger partial charge < -0.3 is 20.1 Å². The minimum Gasteiger partial charge on any atom is -0.497 e. The number of hydrogen-bond donors (Lipinski definition) is 2. The molecular weight excluding hydrogens is 304 g/mol. The van der Waals surface area contributed by atoms with Crippen LogP contribution in [0.5, 0.6) is 5.75 Å². The van der Waals surface area contributed by atoms with Crippen LogP contribution in [0.3, 0.4) is 0 Å². The van der Waals surface area contributed by atoms with Crippen molar-refractivity contribution in [2.45, 2.75) is 19.4 Å². The van der Waals surface area contributed by atoms with Crippen molar-refractivity contribution in [2.75, 3.05) is 26.1 Å². The van der Waals surface area contributed by atoms with Crippen LogP contribution in [0.25, 0.3) is 11.1 Å². The van der Waals surface area contributed by atoms with Gasteiger partial charge in [-0.25, -0.2) is 4.79 Å². The van der Waals surface area contributed by atoms with E-state index in [2.05, 4.69) is 10.6 Å². The molecule has 2 aromatic carbocycles. The number of carbonyl (C=O) groups excluding carboxylic acids is 1. The molecule has 0 aliphatic carbocycles. The first kappa shape index (κ1) is 17.8. The molecule has 0 aromatic heterocycles. The lowest BCUT2D eigenvalue weighted by atomic mass is 10.0. The number of rotatable bonds is 7. The van der Waals surface area contributed by atoms with Gasteiger partial charge in [0.1, 0.15) is 5.75 Å². The van der Waals surface area contributed by atoms with Crippen LogP contribution in [0.4, 0.5) is 10.5 Å². The summed E-state index contributed by atoms with van der Waals surface area (Å²) in [5, 5.41) is 5.75. The van der Waals surface area contributed by atoms with Gasteiger partial charge in [-0.15, -0.1) is 0 Å². The van der Waals surface area contributed by atoms with Crippen molar-refractivity contribution in [1.82, 2.24) is 5.32 Å². The molecule has 2 amide bonds. The standard InChI is InChI=1S/C19H24N2O3/c1-14(23-2)11-12-20-19(22)21-18-10-5-4-9-17(18)15-7-6-8-16(13-15)24-3/h4-10,13-14H,11-12H2,1-3H3,(H2,20,21,22). The van der Waals surface area contributed by atoms with Crippen molar-refractivity contribution in [2.24, 2.45) is 0 Å². The monoisotopic (exact) mass is 328 g/mol. The van der Waals surface area contributed by atoms with E-state index < -0.39 is 0 Å². The predicted molar refractivity (Wildman–Crippen MR) is 96.5 cm³/mol. The summed E-state index contributed by atoms with van der Waals surface area (Å²) in [5.74, 6) is 0.778. The van der Waals surface area contributed by atoms with E-state index in [0.29, 0.717) is 6.54 Å². The van der Waals surface area contributed by atoms with E-state index in [1.165, 1.54) is 0 Å². The third kappa shape index (κ3) is 4.99. The Hall–Kier alpha value is -2.53. The molecule has 0 bridgehead atoms. The topological polar surface area (TPSA) is 59.6 Å². The van der Waals surface area contributed by atoms with Crippen molar-refractivity contribution in [3.8, 4) is 16.9 Å². The minimum absolute atomic E-state index is 0.120. The molecule has 0 radical (unpaired) electrons. The molecule has 0 aliphatic heterocycles. The third-order valence-electron chi connectivity index (χ3n) is 3.79. The molecule has 0 fully saturated rings. The van der Waals surface area contributed by atoms with Gasteiger partial charge in [0, 0.05) is 19.2 Å². The Bertz CT molecular complexity index is 673. The predicted octanol–water partition coefficient (Wildman–Crippen LogP) is 3.91. The fourth-order valence-electron chi connectivity index (χ4n) is 2.31. The lowest BCUT2D eigenvalue weighted by molar-refractivity contribution is 0.111. The Morgan fingerprint density at radius 2 is 1.92 bits per heavy atom. The molecular formula is C19H24N2O3. The number of urea groups is 1. The molecule has 2 aromatic rings. The second-order valence-electron chi connectivity index (χ2n) is 5.49. The maximum Gasteiger partial charge on any atom is 0.319 e. The Kier molecular flexibility index (Phi) is 6.63. The summed E-state index contributed by atoms with van der Waals surface area (Å²) in [6.07, 6.45) is 0.885. The average Bonchev–Trinajstić information content (AvgIpc) is 2.62. The Labute approximate surface area is 143 Å². The molecule has 5 nitrogen and oxygen atoms in total. The summed E-state index contributed by atoms with van der Waals surface area (Å²) < 4.78 is 10.4. The van der Waals surface area contributed by atoms with Crippen molar-refractivity contribution >= 4 is 11.7 Å². The van der Waals surface area contributed by atoms with Crippen LogP contribution in [-0.4, -0.2) is 32.9 Å². The Morgan fingerprint density at radius 1 is 1.12 bits per heavy atom. The molecule has 2 rings (SSSR count). The van der Waals surface area contributed by atoms with Crippen molar-refractivity contribution in [3.05, 3.63) is 48.5 Å². The first-order chi connectivity index (χ1) is 11.6. The van der Waals surface area contributed by atoms with Crippen LogP contribution in [0, 0.1) is 0 Å². The van der Waals surface area contributed by atoms with E-state index in [-0.39, 0.29) is 12.1 Å². The number of anilines is 1. The zero-order chi connectivity index (χ0) is 17.4. The molecule has 1 unspecified atom stereocenters. The largest absolute Gasteiger partial charge is 0.497 e. The highest BCUT2D eigenvalue weighted by molar-refractivity contribution is 5.94. The van der Waals surface area contributed by atoms with Crippen LogP contribution >= 0.6 is 0 Å². The Balaban J connectivity index is 2.07. The lowest BCUT2D eigenvalue weighted by Gasteiger charge is -2.14. The van der Waals surface area contributed by atoms with Gasteiger partial charge in [-0.2, -0.15) is 0 Å². The molecule has 5 heteroatoms. The van der Waals surface area contributed by atoms with Gasteiger partial charge in [-0.3, -0.25) is 0 Å². The number of benzene rings is 2. The zero-order valence-corrected chi connectivity index (χ0v) is 14.3. The fraction of sp³-hybridized carbons (Fsp3) is 0.316. The van der Waals surface area contributed by atoms with Gasteiger partial charge in [0.2, 0.25) is 0 Å². The molecule has 1 atom stereocenters. The highest BCUT2D eigenvalue weighted by Crippen LogP contribution is 2.30. The van der Waals surface area contributed by atoms with Crippen LogP contribution in [0.1, 0.15) is 13.3 Å². The van der Waals surface area contributed by atoms with E-state index >= 15 is 0 Å². The molecule has 0 aliphatic rings. The normalized spacial score (nSPS) is 11.6. The zero-order valence-electron chi connectivity index (χ0n) is 14.3. The lowest BCUT2D eigenvalue weighted by Crippen LogP contribution is -2.31. The number of methoxy groups -OCH3 is 2. The van der Waals surface area contributed by atoms with Crippen molar-refractivity contribution in [3.63, 3.8) is 0 Å². The second-order valence-corrected chi connectivity index (χ2v) is 5.49. The number of para-hydroxylation sites is 1. The van der Waals surface area contributed by atoms with Gasteiger partial charge in [-0.05, 0) is 37.1 Å². The van der Waals surface area contributed by atoms with Gasteiger partial charge in [0.05, 0.1) is 18.9 Å². The van der Waals surface area contributed by atoms with E-state index in [0.717, 1.165) is 29.0 Å². The molecule has 0 spiro atoms. The summed E-state index contributed by atoms with van der Waals surface area (Å²) >= 11 is 0. The van der Waals surface area contributed by atoms with E-state index in [1.54, 1.807) is 14.2 Å². The molecule has 2 N–H and O–H groups in total. The second kappa shape index (κ2) is 8.93. The van der Waals surface area contributed by atoms with Gasteiger partial charge >= 0.3 is 6.03 Å². The quantitative estimate of drug-likeness (QED) is 0.810. The number of carbonyl (C=O) groups is 1. The SMILES string of the molecule is COc1cccc(-c2ccccc2NC(=O)NCCC(C)OC)c1. The maximum absolute atomic E-state index is 12.1. The minimum atomic E-state index is -0.228. The maximum atomic E-state index is 12.1. The molecule has 0 saturated carbocycles. The molecule has 24 heavy (non-hydrogen) atoms. The summed E-state index contributed by atoms with van der Waals surface area (Å²) in [6, 6.07) is 15.2. The Morgan fingerprint density at radius 3 is 2.67 bits per heavy atom. The summed E-state index contributed by atoms with van der Waals surface area (Å²) in [6.45, 7) is 2.53. The molecule has 0 saturated heterocycles. The average molecular weight is 328 g/mol. The molecule has 128 valence electrons. The number of ether oxygens (including phenoxy) is 2. The first-order valence-electron chi connectivity index (χ1n) is 7.95. The summed E-state index contributed by atoms with van der Waals surface area (Å²) in [5.41, 5.74) is 2.68. The highest BCUT2D eigenvalue weighted by Gasteiger charge is 2.09. The van der Waals surface area contributed by atoms with Crippen LogP contribution in [-0.2, 0) is 4.74 Å². The summed E-state index contributed by atoms with van der Waals surface area (Å²) in [7, 11) is 3.30. The van der Waals surface area contributed by atoms with Crippen LogP contribution < -0.4 is 15.4 Å². The van der Waals surface area contributed by atoms with E-state index in [4.69, 9.17) is 9.47 Å². The summed E-state index contributed by atoms with van der Waals surface area (Å²) in [4.78, 5) is 12.1. The first-order valence-corrected chi connectivity index (χ1v) is 7.95. The number of hydrogen-bond acceptors (Lipinski definition) is 3. The highest BCUT2D eigenvalue weighted by atomic mass is 16.5. The fourth-order valence-corrected chi connectivity index (χ4v) is 2.31. The van der Waals surface area contributed by atoms with Gasteiger partial charge in [0.25, 0.3) is 0 Å². The van der Waals surface area contributed by atoms with Crippen LogP contribution in [0.2, 0.25) is 0 Å². The van der Waals surface area contributed by atoms with Gasteiger partial charge in [0.15, 0.2) is 0 Å². The van der Waals surface area contributed by atoms with Crippen molar-refractivity contribution in [1.29, 1.82) is 0 Å². The van der Waals surface area contributed by atoms with Gasteiger partial charge in [-0.1, -0.05) is 30.3 Å². The number of nitrogens with one attached hydrogen (secondary N) is 2. The van der Waals surface area contributed by atoms with Crippen LogP contribution in [0.15, 0.2) is 48.5 Å². The van der Waals surface area contributed by atoms with Crippen molar-refractivity contribution < 1.29 is 14.3 Å². The smallest absolute Gasteiger partial charge is 0.319 e.